The Morgan fingerprint density at radius 1 is 0.969 bits per heavy atom. The van der Waals surface area contributed by atoms with E-state index in [1.54, 1.807) is 0 Å². The van der Waals surface area contributed by atoms with E-state index in [0.29, 0.717) is 32.1 Å². The molecule has 1 amide bonds. The number of sulfonamides is 1. The maximum absolute atomic E-state index is 13.1. The maximum atomic E-state index is 13.1. The quantitative estimate of drug-likeness (QED) is 0.656. The van der Waals surface area contributed by atoms with Gasteiger partial charge in [-0.05, 0) is 54.7 Å². The molecule has 2 aromatic carbocycles. The first-order valence-corrected chi connectivity index (χ1v) is 12.5. The van der Waals surface area contributed by atoms with Crippen molar-refractivity contribution in [3.8, 4) is 0 Å². The first-order chi connectivity index (χ1) is 15.1. The van der Waals surface area contributed by atoms with Crippen LogP contribution in [0.1, 0.15) is 37.9 Å². The summed E-state index contributed by atoms with van der Waals surface area (Å²) in [4.78, 5) is 14.5. The number of hydrogen-bond donors (Lipinski definition) is 1. The van der Waals surface area contributed by atoms with Gasteiger partial charge in [-0.2, -0.15) is 4.31 Å². The van der Waals surface area contributed by atoms with Crippen LogP contribution < -0.4 is 5.32 Å². The van der Waals surface area contributed by atoms with Crippen LogP contribution >= 0.6 is 0 Å². The van der Waals surface area contributed by atoms with Crippen LogP contribution in [0.2, 0.25) is 0 Å². The lowest BCUT2D eigenvalue weighted by molar-refractivity contribution is -0.123. The Bertz CT molecular complexity index is 1000. The molecular formula is C24H32FN3O3S. The second-order valence-corrected chi connectivity index (χ2v) is 10.7. The molecule has 6 nitrogen and oxygen atoms in total. The molecule has 1 saturated heterocycles. The fourth-order valence-corrected chi connectivity index (χ4v) is 5.29. The molecule has 2 aromatic rings. The van der Waals surface area contributed by atoms with Crippen LogP contribution in [0.4, 0.5) is 4.39 Å². The molecule has 0 bridgehead atoms. The van der Waals surface area contributed by atoms with E-state index in [2.05, 4.69) is 43.4 Å². The van der Waals surface area contributed by atoms with E-state index >= 15 is 0 Å². The van der Waals surface area contributed by atoms with Crippen molar-refractivity contribution in [3.05, 3.63) is 65.5 Å². The number of piperazine rings is 1. The highest BCUT2D eigenvalue weighted by Gasteiger charge is 2.29. The van der Waals surface area contributed by atoms with Crippen LogP contribution in [0.15, 0.2) is 53.4 Å². The third-order valence-electron chi connectivity index (χ3n) is 5.65. The molecule has 0 unspecified atom stereocenters. The van der Waals surface area contributed by atoms with Gasteiger partial charge in [-0.1, -0.05) is 38.1 Å². The summed E-state index contributed by atoms with van der Waals surface area (Å²) in [7, 11) is -3.66. The highest BCUT2D eigenvalue weighted by molar-refractivity contribution is 7.89. The van der Waals surface area contributed by atoms with Gasteiger partial charge in [0, 0.05) is 26.2 Å². The molecule has 0 radical (unpaired) electrons. The zero-order valence-corrected chi connectivity index (χ0v) is 19.7. The number of hydrogen-bond acceptors (Lipinski definition) is 4. The Labute approximate surface area is 190 Å². The van der Waals surface area contributed by atoms with Crippen LogP contribution in [-0.4, -0.2) is 56.3 Å². The van der Waals surface area contributed by atoms with Crippen molar-refractivity contribution >= 4 is 15.9 Å². The van der Waals surface area contributed by atoms with Gasteiger partial charge in [-0.25, -0.2) is 12.8 Å². The van der Waals surface area contributed by atoms with Crippen LogP contribution in [0, 0.1) is 11.7 Å². The van der Waals surface area contributed by atoms with E-state index in [-0.39, 0.29) is 23.4 Å². The van der Waals surface area contributed by atoms with Crippen LogP contribution in [0.25, 0.3) is 0 Å². The first kappa shape index (κ1) is 24.4. The van der Waals surface area contributed by atoms with Crippen molar-refractivity contribution in [2.24, 2.45) is 5.92 Å². The summed E-state index contributed by atoms with van der Waals surface area (Å²) in [5.41, 5.74) is 2.34. The van der Waals surface area contributed by atoms with E-state index in [1.165, 1.54) is 22.0 Å². The Balaban J connectivity index is 1.48. The summed E-state index contributed by atoms with van der Waals surface area (Å²) in [5, 5.41) is 3.03. The Hall–Kier alpha value is -2.29. The van der Waals surface area contributed by atoms with Crippen molar-refractivity contribution < 1.29 is 17.6 Å². The summed E-state index contributed by atoms with van der Waals surface area (Å²) in [5.74, 6) is 0.0447. The lowest BCUT2D eigenvalue weighted by Gasteiger charge is -2.33. The van der Waals surface area contributed by atoms with Gasteiger partial charge in [0.25, 0.3) is 0 Å². The van der Waals surface area contributed by atoms with Gasteiger partial charge in [0.05, 0.1) is 17.5 Å². The van der Waals surface area contributed by atoms with Gasteiger partial charge in [-0.15, -0.1) is 0 Å². The molecule has 3 rings (SSSR count). The standard InChI is InChI=1S/C24H32FN3O3S/c1-18(2)16-20-4-6-21(7-5-20)19(3)26-24(29)17-27-12-14-28(15-13-27)32(30,31)23-10-8-22(25)9-11-23/h4-11,18-19H,12-17H2,1-3H3,(H,26,29)/t19-/m0/s1. The molecule has 32 heavy (non-hydrogen) atoms. The SMILES string of the molecule is CC(C)Cc1ccc([C@H](C)NC(=O)CN2CCN(S(=O)(=O)c3ccc(F)cc3)CC2)cc1. The molecule has 1 fully saturated rings. The second kappa shape index (κ2) is 10.6. The zero-order chi connectivity index (χ0) is 23.3. The van der Waals surface area contributed by atoms with E-state index in [4.69, 9.17) is 0 Å². The Morgan fingerprint density at radius 2 is 1.56 bits per heavy atom. The maximum Gasteiger partial charge on any atom is 0.243 e. The topological polar surface area (TPSA) is 69.7 Å². The molecule has 174 valence electrons. The fourth-order valence-electron chi connectivity index (χ4n) is 3.87. The van der Waals surface area contributed by atoms with E-state index in [1.807, 2.05) is 11.8 Å². The predicted molar refractivity (Wildman–Crippen MR) is 123 cm³/mol. The van der Waals surface area contributed by atoms with Gasteiger partial charge in [-0.3, -0.25) is 9.69 Å². The molecule has 1 atom stereocenters. The van der Waals surface area contributed by atoms with Crippen LogP contribution in [0.3, 0.4) is 0 Å². The smallest absolute Gasteiger partial charge is 0.243 e. The monoisotopic (exact) mass is 461 g/mol. The number of carbonyl (C=O) groups excluding carboxylic acids is 1. The van der Waals surface area contributed by atoms with Crippen molar-refractivity contribution in [1.82, 2.24) is 14.5 Å². The molecule has 0 aliphatic carbocycles. The summed E-state index contributed by atoms with van der Waals surface area (Å²) in [6.45, 7) is 8.07. The third-order valence-corrected chi connectivity index (χ3v) is 7.56. The van der Waals surface area contributed by atoms with Crippen molar-refractivity contribution in [2.75, 3.05) is 32.7 Å². The zero-order valence-electron chi connectivity index (χ0n) is 18.9. The van der Waals surface area contributed by atoms with E-state index in [9.17, 15) is 17.6 Å². The molecular weight excluding hydrogens is 429 g/mol. The molecule has 0 aromatic heterocycles. The predicted octanol–water partition coefficient (Wildman–Crippen LogP) is 3.21. The first-order valence-electron chi connectivity index (χ1n) is 11.0. The van der Waals surface area contributed by atoms with Crippen LogP contribution in [0.5, 0.6) is 0 Å². The minimum absolute atomic E-state index is 0.0818. The molecule has 0 spiro atoms. The molecule has 1 aliphatic heterocycles. The molecule has 1 N–H and O–H groups in total. The van der Waals surface area contributed by atoms with Gasteiger partial charge < -0.3 is 5.32 Å². The number of halogens is 1. The number of benzene rings is 2. The molecule has 1 heterocycles. The summed E-state index contributed by atoms with van der Waals surface area (Å²) < 4.78 is 39.9. The Morgan fingerprint density at radius 3 is 2.12 bits per heavy atom. The third kappa shape index (κ3) is 6.37. The van der Waals surface area contributed by atoms with E-state index < -0.39 is 15.8 Å². The van der Waals surface area contributed by atoms with Gasteiger partial charge in [0.2, 0.25) is 15.9 Å². The fraction of sp³-hybridized carbons (Fsp3) is 0.458. The van der Waals surface area contributed by atoms with Gasteiger partial charge in [0.15, 0.2) is 0 Å². The summed E-state index contributed by atoms with van der Waals surface area (Å²) >= 11 is 0. The lowest BCUT2D eigenvalue weighted by atomic mass is 10.00. The molecule has 1 aliphatic rings. The Kier molecular flexibility index (Phi) is 8.03. The largest absolute Gasteiger partial charge is 0.348 e. The van der Waals surface area contributed by atoms with Crippen LogP contribution in [-0.2, 0) is 21.2 Å². The minimum Gasteiger partial charge on any atom is -0.348 e. The number of amides is 1. The number of carbonyl (C=O) groups is 1. The van der Waals surface area contributed by atoms with Crippen molar-refractivity contribution in [3.63, 3.8) is 0 Å². The van der Waals surface area contributed by atoms with Gasteiger partial charge in [0.1, 0.15) is 5.82 Å². The summed E-state index contributed by atoms with van der Waals surface area (Å²) in [6, 6.07) is 13.1. The normalized spacial score (nSPS) is 16.8. The van der Waals surface area contributed by atoms with Crippen molar-refractivity contribution in [2.45, 2.75) is 38.1 Å². The minimum atomic E-state index is -3.66. The molecule has 0 saturated carbocycles. The van der Waals surface area contributed by atoms with E-state index in [0.717, 1.165) is 24.1 Å². The number of nitrogens with one attached hydrogen (secondary N) is 1. The van der Waals surface area contributed by atoms with Crippen molar-refractivity contribution in [1.29, 1.82) is 0 Å². The van der Waals surface area contributed by atoms with Gasteiger partial charge >= 0.3 is 0 Å². The highest BCUT2D eigenvalue weighted by Crippen LogP contribution is 2.19. The summed E-state index contributed by atoms with van der Waals surface area (Å²) in [6.07, 6.45) is 1.03. The number of nitrogens with zero attached hydrogens (tertiary/aromatic N) is 2. The average molecular weight is 462 g/mol. The average Bonchev–Trinajstić information content (AvgIpc) is 2.74. The lowest BCUT2D eigenvalue weighted by Crippen LogP contribution is -2.51. The second-order valence-electron chi connectivity index (χ2n) is 8.76. The molecule has 8 heteroatoms. The highest BCUT2D eigenvalue weighted by atomic mass is 32.2. The number of rotatable bonds is 8.